The molecule has 26 heavy (non-hydrogen) atoms. The Bertz CT molecular complexity index is 872. The van der Waals surface area contributed by atoms with Gasteiger partial charge < -0.3 is 10.1 Å². The molecular weight excluding hydrogens is 344 g/mol. The number of para-hydroxylation sites is 1. The first kappa shape index (κ1) is 18.1. The van der Waals surface area contributed by atoms with Crippen LogP contribution in [-0.2, 0) is 11.2 Å². The normalized spacial score (nSPS) is 10.5. The van der Waals surface area contributed by atoms with Gasteiger partial charge in [-0.05, 0) is 37.5 Å². The summed E-state index contributed by atoms with van der Waals surface area (Å²) in [6, 6.07) is 16.0. The second-order valence-corrected chi connectivity index (χ2v) is 7.17. The summed E-state index contributed by atoms with van der Waals surface area (Å²) in [5.74, 6) is 0.637. The van der Waals surface area contributed by atoms with E-state index in [1.807, 2.05) is 38.1 Å². The van der Waals surface area contributed by atoms with E-state index in [1.54, 1.807) is 11.3 Å². The van der Waals surface area contributed by atoms with Crippen LogP contribution >= 0.6 is 11.3 Å². The van der Waals surface area contributed by atoms with Gasteiger partial charge in [0.05, 0.1) is 10.7 Å². The zero-order valence-corrected chi connectivity index (χ0v) is 15.8. The minimum Gasteiger partial charge on any atom is -0.484 e. The van der Waals surface area contributed by atoms with Gasteiger partial charge in [0.25, 0.3) is 5.91 Å². The summed E-state index contributed by atoms with van der Waals surface area (Å²) >= 11 is 1.65. The molecule has 0 spiro atoms. The van der Waals surface area contributed by atoms with Crippen molar-refractivity contribution in [3.05, 3.63) is 70.0 Å². The Labute approximate surface area is 157 Å². The van der Waals surface area contributed by atoms with E-state index in [0.29, 0.717) is 6.54 Å². The molecule has 2 aromatic carbocycles. The summed E-state index contributed by atoms with van der Waals surface area (Å²) in [7, 11) is 0. The number of benzene rings is 2. The molecule has 0 unspecified atom stereocenters. The van der Waals surface area contributed by atoms with Gasteiger partial charge in [-0.1, -0.05) is 42.5 Å². The Morgan fingerprint density at radius 2 is 1.88 bits per heavy atom. The van der Waals surface area contributed by atoms with Crippen molar-refractivity contribution in [2.75, 3.05) is 13.2 Å². The van der Waals surface area contributed by atoms with Gasteiger partial charge in [-0.2, -0.15) is 0 Å². The predicted molar refractivity (Wildman–Crippen MR) is 106 cm³/mol. The molecule has 0 aliphatic carbocycles. The number of carbonyl (C=O) groups is 1. The molecule has 0 aliphatic heterocycles. The van der Waals surface area contributed by atoms with Crippen molar-refractivity contribution < 1.29 is 9.53 Å². The molecular formula is C21H22N2O2S. The number of nitrogens with one attached hydrogen (secondary N) is 1. The number of ether oxygens (including phenoxy) is 1. The molecule has 0 atom stereocenters. The highest BCUT2D eigenvalue weighted by Gasteiger charge is 2.05. The summed E-state index contributed by atoms with van der Waals surface area (Å²) < 4.78 is 5.55. The zero-order valence-electron chi connectivity index (χ0n) is 15.0. The smallest absolute Gasteiger partial charge is 0.257 e. The number of nitrogens with zero attached hydrogens (tertiary/aromatic N) is 1. The molecule has 0 saturated carbocycles. The van der Waals surface area contributed by atoms with E-state index in [4.69, 9.17) is 4.74 Å². The van der Waals surface area contributed by atoms with Gasteiger partial charge in [-0.3, -0.25) is 4.79 Å². The Morgan fingerprint density at radius 1 is 1.12 bits per heavy atom. The van der Waals surface area contributed by atoms with E-state index in [1.165, 1.54) is 5.56 Å². The quantitative estimate of drug-likeness (QED) is 0.683. The number of thiazole rings is 1. The van der Waals surface area contributed by atoms with Crippen LogP contribution in [0.25, 0.3) is 11.3 Å². The molecule has 1 heterocycles. The van der Waals surface area contributed by atoms with E-state index in [2.05, 4.69) is 39.9 Å². The molecule has 5 heteroatoms. The Kier molecular flexibility index (Phi) is 6.02. The molecule has 0 aliphatic rings. The fourth-order valence-electron chi connectivity index (χ4n) is 2.60. The lowest BCUT2D eigenvalue weighted by molar-refractivity contribution is -0.123. The molecule has 0 bridgehead atoms. The molecule has 1 N–H and O–H groups in total. The first-order valence-corrected chi connectivity index (χ1v) is 9.46. The third-order valence-electron chi connectivity index (χ3n) is 4.06. The van der Waals surface area contributed by atoms with Crippen LogP contribution in [0.2, 0.25) is 0 Å². The SMILES string of the molecule is Cc1nc(-c2ccc(CCNC(=O)COc3ccccc3C)cc2)cs1. The lowest BCUT2D eigenvalue weighted by atomic mass is 10.1. The molecule has 134 valence electrons. The van der Waals surface area contributed by atoms with Gasteiger partial charge in [-0.25, -0.2) is 4.98 Å². The molecule has 1 amide bonds. The molecule has 3 aromatic rings. The van der Waals surface area contributed by atoms with Crippen molar-refractivity contribution in [3.63, 3.8) is 0 Å². The van der Waals surface area contributed by atoms with Crippen LogP contribution in [0, 0.1) is 13.8 Å². The average Bonchev–Trinajstić information content (AvgIpc) is 3.08. The van der Waals surface area contributed by atoms with Crippen LogP contribution in [0.1, 0.15) is 16.1 Å². The van der Waals surface area contributed by atoms with Crippen molar-refractivity contribution in [2.24, 2.45) is 0 Å². The van der Waals surface area contributed by atoms with Crippen molar-refractivity contribution in [3.8, 4) is 17.0 Å². The monoisotopic (exact) mass is 366 g/mol. The highest BCUT2D eigenvalue weighted by molar-refractivity contribution is 7.09. The molecule has 4 nitrogen and oxygen atoms in total. The number of rotatable bonds is 7. The standard InChI is InChI=1S/C21H22N2O2S/c1-15-5-3-4-6-20(15)25-13-21(24)22-12-11-17-7-9-18(10-8-17)19-14-26-16(2)23-19/h3-10,14H,11-13H2,1-2H3,(H,22,24). The van der Waals surface area contributed by atoms with Crippen LogP contribution in [0.4, 0.5) is 0 Å². The van der Waals surface area contributed by atoms with Crippen molar-refractivity contribution in [2.45, 2.75) is 20.3 Å². The van der Waals surface area contributed by atoms with Crippen molar-refractivity contribution in [1.82, 2.24) is 10.3 Å². The van der Waals surface area contributed by atoms with E-state index in [9.17, 15) is 4.79 Å². The maximum Gasteiger partial charge on any atom is 0.257 e. The minimum absolute atomic E-state index is 0.0347. The van der Waals surface area contributed by atoms with E-state index in [-0.39, 0.29) is 12.5 Å². The van der Waals surface area contributed by atoms with Crippen LogP contribution in [-0.4, -0.2) is 24.0 Å². The fraction of sp³-hybridized carbons (Fsp3) is 0.238. The number of amides is 1. The maximum atomic E-state index is 11.9. The van der Waals surface area contributed by atoms with Gasteiger partial charge in [0.2, 0.25) is 0 Å². The molecule has 0 radical (unpaired) electrons. The Morgan fingerprint density at radius 3 is 2.58 bits per heavy atom. The Balaban J connectivity index is 1.43. The third kappa shape index (κ3) is 4.92. The minimum atomic E-state index is -0.108. The first-order chi connectivity index (χ1) is 12.6. The highest BCUT2D eigenvalue weighted by Crippen LogP contribution is 2.21. The first-order valence-electron chi connectivity index (χ1n) is 8.58. The lowest BCUT2D eigenvalue weighted by Gasteiger charge is -2.09. The predicted octanol–water partition coefficient (Wildman–Crippen LogP) is 4.16. The molecule has 1 aromatic heterocycles. The van der Waals surface area contributed by atoms with Crippen molar-refractivity contribution >= 4 is 17.2 Å². The van der Waals surface area contributed by atoms with Crippen LogP contribution < -0.4 is 10.1 Å². The second kappa shape index (κ2) is 8.63. The summed E-state index contributed by atoms with van der Waals surface area (Å²) in [5.41, 5.74) is 4.34. The average molecular weight is 366 g/mol. The largest absolute Gasteiger partial charge is 0.484 e. The number of aryl methyl sites for hydroxylation is 2. The Hall–Kier alpha value is -2.66. The third-order valence-corrected chi connectivity index (χ3v) is 4.83. The number of aromatic nitrogens is 1. The number of hydrogen-bond donors (Lipinski definition) is 1. The fourth-order valence-corrected chi connectivity index (χ4v) is 3.22. The molecule has 0 fully saturated rings. The van der Waals surface area contributed by atoms with Crippen LogP contribution in [0.5, 0.6) is 5.75 Å². The topological polar surface area (TPSA) is 51.2 Å². The lowest BCUT2D eigenvalue weighted by Crippen LogP contribution is -2.30. The molecule has 3 rings (SSSR count). The summed E-state index contributed by atoms with van der Waals surface area (Å²) in [4.78, 5) is 16.4. The van der Waals surface area contributed by atoms with Gasteiger partial charge >= 0.3 is 0 Å². The van der Waals surface area contributed by atoms with Gasteiger partial charge in [0, 0.05) is 17.5 Å². The van der Waals surface area contributed by atoms with E-state index < -0.39 is 0 Å². The summed E-state index contributed by atoms with van der Waals surface area (Å²) in [6.45, 7) is 4.59. The zero-order chi connectivity index (χ0) is 18.4. The summed E-state index contributed by atoms with van der Waals surface area (Å²) in [5, 5.41) is 6.03. The maximum absolute atomic E-state index is 11.9. The second-order valence-electron chi connectivity index (χ2n) is 6.10. The van der Waals surface area contributed by atoms with Crippen LogP contribution in [0.3, 0.4) is 0 Å². The van der Waals surface area contributed by atoms with Crippen molar-refractivity contribution in [1.29, 1.82) is 0 Å². The summed E-state index contributed by atoms with van der Waals surface area (Å²) in [6.07, 6.45) is 0.784. The van der Waals surface area contributed by atoms with Gasteiger partial charge in [0.15, 0.2) is 6.61 Å². The van der Waals surface area contributed by atoms with E-state index >= 15 is 0 Å². The van der Waals surface area contributed by atoms with Gasteiger partial charge in [0.1, 0.15) is 5.75 Å². The number of carbonyl (C=O) groups excluding carboxylic acids is 1. The number of hydrogen-bond acceptors (Lipinski definition) is 4. The van der Waals surface area contributed by atoms with Gasteiger partial charge in [-0.15, -0.1) is 11.3 Å². The van der Waals surface area contributed by atoms with E-state index in [0.717, 1.165) is 34.0 Å². The highest BCUT2D eigenvalue weighted by atomic mass is 32.1. The molecule has 0 saturated heterocycles. The van der Waals surface area contributed by atoms with Crippen LogP contribution in [0.15, 0.2) is 53.9 Å².